The number of nitrogens with two attached hydrogens (primary N) is 1. The highest BCUT2D eigenvalue weighted by Crippen LogP contribution is 2.39. The maximum atomic E-state index is 11.9. The highest BCUT2D eigenvalue weighted by atomic mass is 16.5. The van der Waals surface area contributed by atoms with Crippen LogP contribution in [0.1, 0.15) is 19.3 Å². The molecule has 1 fully saturated rings. The number of aromatic nitrogens is 5. The number of primary amides is 1. The minimum absolute atomic E-state index is 0.303. The van der Waals surface area contributed by atoms with Crippen LogP contribution in [0.3, 0.4) is 0 Å². The predicted octanol–water partition coefficient (Wildman–Crippen LogP) is 2.43. The third kappa shape index (κ3) is 2.69. The summed E-state index contributed by atoms with van der Waals surface area (Å²) in [7, 11) is 0. The molecule has 0 saturated heterocycles. The van der Waals surface area contributed by atoms with Crippen LogP contribution in [0.15, 0.2) is 30.6 Å². The van der Waals surface area contributed by atoms with Crippen LogP contribution in [0.2, 0.25) is 0 Å². The number of imidazole rings is 1. The van der Waals surface area contributed by atoms with Gasteiger partial charge in [-0.05, 0) is 37.3 Å². The van der Waals surface area contributed by atoms with Crippen molar-refractivity contribution in [3.63, 3.8) is 0 Å². The molecule has 30 heavy (non-hydrogen) atoms. The first-order valence-electron chi connectivity index (χ1n) is 10.2. The molecule has 3 aromatic heterocycles. The Labute approximate surface area is 171 Å². The van der Waals surface area contributed by atoms with E-state index in [0.717, 1.165) is 70.7 Å². The summed E-state index contributed by atoms with van der Waals surface area (Å²) < 4.78 is 8.26. The van der Waals surface area contributed by atoms with Gasteiger partial charge >= 0.3 is 0 Å². The summed E-state index contributed by atoms with van der Waals surface area (Å²) in [4.78, 5) is 21.2. The van der Waals surface area contributed by atoms with Gasteiger partial charge in [0.05, 0.1) is 18.3 Å². The summed E-state index contributed by atoms with van der Waals surface area (Å²) in [5, 5.41) is 11.3. The third-order valence-corrected chi connectivity index (χ3v) is 5.91. The number of rotatable bonds is 5. The first-order valence-corrected chi connectivity index (χ1v) is 10.2. The van der Waals surface area contributed by atoms with E-state index in [1.807, 2.05) is 18.2 Å². The molecular formula is C21H21N7O2. The van der Waals surface area contributed by atoms with E-state index in [4.69, 9.17) is 15.5 Å². The number of H-pyrrole nitrogens is 1. The fourth-order valence-corrected chi connectivity index (χ4v) is 4.33. The summed E-state index contributed by atoms with van der Waals surface area (Å²) in [5.41, 5.74) is 9.91. The van der Waals surface area contributed by atoms with Crippen LogP contribution in [0.5, 0.6) is 5.75 Å². The maximum absolute atomic E-state index is 11.9. The van der Waals surface area contributed by atoms with Crippen molar-refractivity contribution in [3.8, 4) is 17.1 Å². The van der Waals surface area contributed by atoms with Crippen LogP contribution >= 0.6 is 0 Å². The lowest BCUT2D eigenvalue weighted by molar-refractivity contribution is -0.119. The van der Waals surface area contributed by atoms with E-state index in [1.165, 1.54) is 0 Å². The molecule has 152 valence electrons. The average molecular weight is 403 g/mol. The number of anilines is 1. The number of nitrogens with zero attached hydrogens (tertiary/aromatic N) is 4. The lowest BCUT2D eigenvalue weighted by Crippen LogP contribution is -2.37. The van der Waals surface area contributed by atoms with E-state index in [-0.39, 0.29) is 11.9 Å². The number of hydrogen-bond donors (Lipinski definition) is 3. The molecule has 1 aromatic carbocycles. The first kappa shape index (κ1) is 17.3. The van der Waals surface area contributed by atoms with Gasteiger partial charge in [-0.3, -0.25) is 9.89 Å². The number of hydrogen-bond acceptors (Lipinski definition) is 6. The molecule has 2 aliphatic rings. The monoisotopic (exact) mass is 403 g/mol. The van der Waals surface area contributed by atoms with Gasteiger partial charge in [0.15, 0.2) is 5.65 Å². The lowest BCUT2D eigenvalue weighted by Gasteiger charge is -2.17. The topological polar surface area (TPSA) is 124 Å². The highest BCUT2D eigenvalue weighted by molar-refractivity contribution is 5.95. The Hall–Kier alpha value is -3.62. The Morgan fingerprint density at radius 1 is 1.37 bits per heavy atom. The van der Waals surface area contributed by atoms with Gasteiger partial charge in [-0.1, -0.05) is 0 Å². The maximum Gasteiger partial charge on any atom is 0.240 e. The number of aromatic amines is 1. The fraction of sp³-hybridized carbons (Fsp3) is 0.333. The standard InChI is InChI=1S/C21H21N7O2/c22-19(29)17(11-2-3-11)25-12-8-15-18-16(9-12)30-7-1-6-28(18)21(26-15)13-4-5-23-20-14(13)10-24-27-20/h4-5,8-11,17,25H,1-3,6-7H2,(H2,22,29)(H,23,24,27)/t17-/m0/s1. The second-order valence-corrected chi connectivity index (χ2v) is 7.98. The minimum Gasteiger partial charge on any atom is -0.491 e. The molecule has 1 aliphatic heterocycles. The minimum atomic E-state index is -0.368. The zero-order valence-electron chi connectivity index (χ0n) is 16.3. The molecule has 4 heterocycles. The van der Waals surface area contributed by atoms with Crippen molar-refractivity contribution in [1.82, 2.24) is 24.7 Å². The lowest BCUT2D eigenvalue weighted by atomic mass is 10.1. The zero-order valence-corrected chi connectivity index (χ0v) is 16.3. The SMILES string of the molecule is NC(=O)[C@@H](Nc1cc2c3c(c1)nc(-c1ccnc4[nH]ncc14)n3CCCO2)C1CC1. The van der Waals surface area contributed by atoms with Crippen LogP contribution in [0.4, 0.5) is 5.69 Å². The molecule has 0 bridgehead atoms. The number of benzene rings is 1. The number of carbonyl (C=O) groups is 1. The predicted molar refractivity (Wildman–Crippen MR) is 112 cm³/mol. The Kier molecular flexibility index (Phi) is 3.71. The number of pyridine rings is 1. The molecular weight excluding hydrogens is 382 g/mol. The number of aryl methyl sites for hydroxylation is 1. The van der Waals surface area contributed by atoms with Crippen LogP contribution in [-0.4, -0.2) is 43.3 Å². The summed E-state index contributed by atoms with van der Waals surface area (Å²) in [6.45, 7) is 1.43. The van der Waals surface area contributed by atoms with E-state index in [9.17, 15) is 4.79 Å². The molecule has 6 rings (SSSR count). The van der Waals surface area contributed by atoms with Gasteiger partial charge in [0.1, 0.15) is 23.1 Å². The van der Waals surface area contributed by atoms with Crippen molar-refractivity contribution >= 4 is 33.7 Å². The van der Waals surface area contributed by atoms with Gasteiger partial charge in [-0.2, -0.15) is 5.10 Å². The second kappa shape index (κ2) is 6.45. The molecule has 0 radical (unpaired) electrons. The Balaban J connectivity index is 1.51. The average Bonchev–Trinajstić information content (AvgIpc) is 3.40. The molecule has 0 spiro atoms. The Morgan fingerprint density at radius 3 is 3.10 bits per heavy atom. The third-order valence-electron chi connectivity index (χ3n) is 5.91. The van der Waals surface area contributed by atoms with E-state index in [1.54, 1.807) is 12.4 Å². The highest BCUT2D eigenvalue weighted by Gasteiger charge is 2.35. The van der Waals surface area contributed by atoms with Crippen LogP contribution in [0.25, 0.3) is 33.5 Å². The molecule has 1 amide bonds. The molecule has 4 aromatic rings. The van der Waals surface area contributed by atoms with Gasteiger partial charge < -0.3 is 20.4 Å². The van der Waals surface area contributed by atoms with Gasteiger partial charge in [0.25, 0.3) is 0 Å². The molecule has 9 heteroatoms. The molecule has 1 aliphatic carbocycles. The first-order chi connectivity index (χ1) is 14.7. The van der Waals surface area contributed by atoms with Gasteiger partial charge in [0.2, 0.25) is 5.91 Å². The number of fused-ring (bicyclic) bond motifs is 1. The van der Waals surface area contributed by atoms with E-state index >= 15 is 0 Å². The van der Waals surface area contributed by atoms with Crippen LogP contribution in [0, 0.1) is 5.92 Å². The summed E-state index contributed by atoms with van der Waals surface area (Å²) in [6, 6.07) is 5.52. The van der Waals surface area contributed by atoms with Crippen molar-refractivity contribution in [1.29, 1.82) is 0 Å². The quantitative estimate of drug-likeness (QED) is 0.470. The van der Waals surface area contributed by atoms with E-state index in [0.29, 0.717) is 12.5 Å². The zero-order chi connectivity index (χ0) is 20.2. The Bertz CT molecular complexity index is 1290. The second-order valence-electron chi connectivity index (χ2n) is 7.98. The summed E-state index contributed by atoms with van der Waals surface area (Å²) in [5.74, 6) is 1.60. The number of amides is 1. The van der Waals surface area contributed by atoms with Crippen molar-refractivity contribution in [2.45, 2.75) is 31.8 Å². The molecule has 0 unspecified atom stereocenters. The molecule has 4 N–H and O–H groups in total. The van der Waals surface area contributed by atoms with Crippen molar-refractivity contribution < 1.29 is 9.53 Å². The number of carbonyl (C=O) groups excluding carboxylic acids is 1. The summed E-state index contributed by atoms with van der Waals surface area (Å²) in [6.07, 6.45) is 6.46. The van der Waals surface area contributed by atoms with Crippen LogP contribution < -0.4 is 15.8 Å². The van der Waals surface area contributed by atoms with E-state index in [2.05, 4.69) is 25.1 Å². The molecule has 1 atom stereocenters. The summed E-state index contributed by atoms with van der Waals surface area (Å²) >= 11 is 0. The van der Waals surface area contributed by atoms with Crippen molar-refractivity contribution in [2.75, 3.05) is 11.9 Å². The normalized spacial score (nSPS) is 16.9. The fourth-order valence-electron chi connectivity index (χ4n) is 4.33. The molecule has 1 saturated carbocycles. The largest absolute Gasteiger partial charge is 0.491 e. The Morgan fingerprint density at radius 2 is 2.27 bits per heavy atom. The van der Waals surface area contributed by atoms with Gasteiger partial charge in [-0.25, -0.2) is 9.97 Å². The van der Waals surface area contributed by atoms with Crippen LogP contribution in [-0.2, 0) is 11.3 Å². The van der Waals surface area contributed by atoms with Gasteiger partial charge in [0, 0.05) is 35.4 Å². The smallest absolute Gasteiger partial charge is 0.240 e. The molecule has 9 nitrogen and oxygen atoms in total. The number of ether oxygens (including phenoxy) is 1. The van der Waals surface area contributed by atoms with E-state index < -0.39 is 0 Å². The van der Waals surface area contributed by atoms with Crippen molar-refractivity contribution in [2.24, 2.45) is 11.7 Å². The number of nitrogens with one attached hydrogen (secondary N) is 2. The van der Waals surface area contributed by atoms with Gasteiger partial charge in [-0.15, -0.1) is 0 Å². The van der Waals surface area contributed by atoms with Crippen molar-refractivity contribution in [3.05, 3.63) is 30.6 Å².